The number of halogens is 3. The van der Waals surface area contributed by atoms with Crippen molar-refractivity contribution in [3.8, 4) is 11.6 Å². The van der Waals surface area contributed by atoms with Crippen LogP contribution in [0.3, 0.4) is 0 Å². The third kappa shape index (κ3) is 4.24. The van der Waals surface area contributed by atoms with Crippen LogP contribution in [0.1, 0.15) is 29.8 Å². The molecule has 0 aromatic carbocycles. The van der Waals surface area contributed by atoms with E-state index in [-0.39, 0.29) is 18.2 Å². The summed E-state index contributed by atoms with van der Waals surface area (Å²) in [4.78, 5) is 4.22. The highest BCUT2D eigenvalue weighted by atomic mass is 32.2. The van der Waals surface area contributed by atoms with Gasteiger partial charge in [0.15, 0.2) is 18.6 Å². The third-order valence-corrected chi connectivity index (χ3v) is 4.96. The molecular weight excluding hydrogens is 389 g/mol. The number of aryl methyl sites for hydroxylation is 1. The Kier molecular flexibility index (Phi) is 5.13. The highest BCUT2D eigenvalue weighted by molar-refractivity contribution is 7.88. The molecule has 11 heteroatoms. The van der Waals surface area contributed by atoms with Gasteiger partial charge in [-0.05, 0) is 31.7 Å². The summed E-state index contributed by atoms with van der Waals surface area (Å²) in [6, 6.07) is 5.67. The Hall–Kier alpha value is -2.56. The first-order valence-corrected chi connectivity index (χ1v) is 9.41. The minimum atomic E-state index is -5.81. The van der Waals surface area contributed by atoms with E-state index in [1.807, 2.05) is 0 Å². The van der Waals surface area contributed by atoms with Crippen LogP contribution in [0.4, 0.5) is 13.2 Å². The molecule has 0 radical (unpaired) electrons. The van der Waals surface area contributed by atoms with Crippen molar-refractivity contribution in [2.75, 3.05) is 0 Å². The number of alkyl halides is 3. The maximum absolute atomic E-state index is 12.7. The standard InChI is InChI=1S/C16H15F3N2O5S/c17-16(18,19)27(23,24)26-14-9-15(20-13-7-2-1-6-12(13)14)25-10-11-5-3-4-8-21(11)22/h3-5,8-9H,1-2,6-7,10H2. The number of hydrogen-bond donors (Lipinski definition) is 0. The van der Waals surface area contributed by atoms with E-state index < -0.39 is 21.4 Å². The van der Waals surface area contributed by atoms with Gasteiger partial charge in [0.05, 0.1) is 5.69 Å². The quantitative estimate of drug-likeness (QED) is 0.329. The van der Waals surface area contributed by atoms with Crippen LogP contribution in [0.15, 0.2) is 30.5 Å². The molecule has 27 heavy (non-hydrogen) atoms. The van der Waals surface area contributed by atoms with Crippen molar-refractivity contribution >= 4 is 10.1 Å². The van der Waals surface area contributed by atoms with E-state index in [4.69, 9.17) is 4.74 Å². The van der Waals surface area contributed by atoms with E-state index >= 15 is 0 Å². The second-order valence-electron chi connectivity index (χ2n) is 5.88. The maximum Gasteiger partial charge on any atom is 0.534 e. The summed E-state index contributed by atoms with van der Waals surface area (Å²) in [5.41, 5.74) is -4.55. The lowest BCUT2D eigenvalue weighted by molar-refractivity contribution is -0.616. The summed E-state index contributed by atoms with van der Waals surface area (Å²) >= 11 is 0. The molecule has 0 saturated heterocycles. The normalized spacial score (nSPS) is 14.5. The molecule has 0 bridgehead atoms. The molecule has 0 aliphatic heterocycles. The molecule has 0 spiro atoms. The monoisotopic (exact) mass is 404 g/mol. The van der Waals surface area contributed by atoms with Gasteiger partial charge in [-0.2, -0.15) is 26.3 Å². The van der Waals surface area contributed by atoms with E-state index in [0.29, 0.717) is 35.3 Å². The van der Waals surface area contributed by atoms with Crippen LogP contribution in [0.2, 0.25) is 0 Å². The second kappa shape index (κ2) is 7.22. The van der Waals surface area contributed by atoms with E-state index in [1.165, 1.54) is 18.3 Å². The SMILES string of the molecule is O=S(=O)(Oc1cc(OCc2cccc[n+]2[O-])nc2c1CCCC2)C(F)(F)F. The topological polar surface area (TPSA) is 92.4 Å². The van der Waals surface area contributed by atoms with Gasteiger partial charge < -0.3 is 14.1 Å². The number of aromatic nitrogens is 2. The summed E-state index contributed by atoms with van der Waals surface area (Å²) in [6.45, 7) is -0.193. The van der Waals surface area contributed by atoms with Crippen LogP contribution in [0, 0.1) is 5.21 Å². The lowest BCUT2D eigenvalue weighted by Crippen LogP contribution is -2.31. The Bertz CT molecular complexity index is 948. The third-order valence-electron chi connectivity index (χ3n) is 3.99. The first-order chi connectivity index (χ1) is 12.7. The van der Waals surface area contributed by atoms with Crippen molar-refractivity contribution in [3.05, 3.63) is 52.6 Å². The fraction of sp³-hybridized carbons (Fsp3) is 0.375. The van der Waals surface area contributed by atoms with Gasteiger partial charge in [0.1, 0.15) is 0 Å². The molecule has 2 aromatic heterocycles. The molecule has 2 aromatic rings. The molecule has 0 N–H and O–H groups in total. The van der Waals surface area contributed by atoms with Crippen molar-refractivity contribution in [1.82, 2.24) is 4.98 Å². The number of nitrogens with zero attached hydrogens (tertiary/aromatic N) is 2. The van der Waals surface area contributed by atoms with E-state index in [9.17, 15) is 26.8 Å². The van der Waals surface area contributed by atoms with Gasteiger partial charge in [0, 0.05) is 23.8 Å². The van der Waals surface area contributed by atoms with Crippen molar-refractivity contribution in [1.29, 1.82) is 0 Å². The highest BCUT2D eigenvalue weighted by Gasteiger charge is 2.49. The van der Waals surface area contributed by atoms with Gasteiger partial charge in [-0.25, -0.2) is 4.98 Å². The molecule has 0 unspecified atom stereocenters. The summed E-state index contributed by atoms with van der Waals surface area (Å²) < 4.78 is 71.1. The predicted octanol–water partition coefficient (Wildman–Crippen LogP) is 2.40. The summed E-state index contributed by atoms with van der Waals surface area (Å²) in [7, 11) is -5.81. The zero-order valence-electron chi connectivity index (χ0n) is 13.9. The zero-order chi connectivity index (χ0) is 19.7. The Balaban J connectivity index is 1.91. The first kappa shape index (κ1) is 19.2. The molecule has 0 amide bonds. The molecule has 146 valence electrons. The predicted molar refractivity (Wildman–Crippen MR) is 86.2 cm³/mol. The molecule has 2 heterocycles. The van der Waals surface area contributed by atoms with Gasteiger partial charge >= 0.3 is 15.6 Å². The van der Waals surface area contributed by atoms with Crippen molar-refractivity contribution in [2.45, 2.75) is 37.8 Å². The van der Waals surface area contributed by atoms with Crippen LogP contribution in [0.5, 0.6) is 11.6 Å². The molecule has 3 rings (SSSR count). The number of fused-ring (bicyclic) bond motifs is 1. The van der Waals surface area contributed by atoms with Crippen molar-refractivity contribution in [2.24, 2.45) is 0 Å². The number of hydrogen-bond acceptors (Lipinski definition) is 6. The zero-order valence-corrected chi connectivity index (χ0v) is 14.7. The average Bonchev–Trinajstić information content (AvgIpc) is 2.60. The minimum Gasteiger partial charge on any atom is -0.618 e. The highest BCUT2D eigenvalue weighted by Crippen LogP contribution is 2.35. The Labute approximate surface area is 153 Å². The van der Waals surface area contributed by atoms with E-state index in [0.717, 1.165) is 12.5 Å². The number of rotatable bonds is 5. The Morgan fingerprint density at radius 3 is 2.67 bits per heavy atom. The van der Waals surface area contributed by atoms with Crippen LogP contribution in [-0.4, -0.2) is 18.9 Å². The molecular formula is C16H15F3N2O5S. The van der Waals surface area contributed by atoms with Crippen LogP contribution in [-0.2, 0) is 29.6 Å². The number of ether oxygens (including phenoxy) is 1. The van der Waals surface area contributed by atoms with Gasteiger partial charge in [0.25, 0.3) is 0 Å². The van der Waals surface area contributed by atoms with Crippen LogP contribution >= 0.6 is 0 Å². The van der Waals surface area contributed by atoms with Crippen molar-refractivity contribution < 1.29 is 35.2 Å². The van der Waals surface area contributed by atoms with Gasteiger partial charge in [0.2, 0.25) is 11.6 Å². The summed E-state index contributed by atoms with van der Waals surface area (Å²) in [5, 5.41) is 11.6. The summed E-state index contributed by atoms with van der Waals surface area (Å²) in [6.07, 6.45) is 3.52. The Morgan fingerprint density at radius 1 is 1.22 bits per heavy atom. The first-order valence-electron chi connectivity index (χ1n) is 8.01. The smallest absolute Gasteiger partial charge is 0.534 e. The lowest BCUT2D eigenvalue weighted by Gasteiger charge is -2.20. The van der Waals surface area contributed by atoms with Crippen LogP contribution < -0.4 is 13.7 Å². The Morgan fingerprint density at radius 2 is 1.96 bits per heavy atom. The van der Waals surface area contributed by atoms with Gasteiger partial charge in [-0.15, -0.1) is 0 Å². The summed E-state index contributed by atoms with van der Waals surface area (Å²) in [5.74, 6) is -0.568. The van der Waals surface area contributed by atoms with E-state index in [2.05, 4.69) is 9.17 Å². The maximum atomic E-state index is 12.7. The fourth-order valence-corrected chi connectivity index (χ4v) is 3.16. The van der Waals surface area contributed by atoms with Crippen molar-refractivity contribution in [3.63, 3.8) is 0 Å². The second-order valence-corrected chi connectivity index (χ2v) is 7.42. The largest absolute Gasteiger partial charge is 0.618 e. The molecule has 1 aliphatic carbocycles. The molecule has 0 saturated carbocycles. The lowest BCUT2D eigenvalue weighted by atomic mass is 9.95. The molecule has 7 nitrogen and oxygen atoms in total. The number of pyridine rings is 2. The van der Waals surface area contributed by atoms with Gasteiger partial charge in [-0.3, -0.25) is 0 Å². The van der Waals surface area contributed by atoms with Crippen LogP contribution in [0.25, 0.3) is 0 Å². The average molecular weight is 404 g/mol. The molecule has 0 atom stereocenters. The molecule has 0 fully saturated rings. The molecule has 1 aliphatic rings. The van der Waals surface area contributed by atoms with E-state index in [1.54, 1.807) is 6.07 Å². The minimum absolute atomic E-state index is 0.119. The van der Waals surface area contributed by atoms with Gasteiger partial charge in [-0.1, -0.05) is 0 Å². The fourth-order valence-electron chi connectivity index (χ4n) is 2.68.